The van der Waals surface area contributed by atoms with Crippen LogP contribution in [-0.4, -0.2) is 27.4 Å². The van der Waals surface area contributed by atoms with Crippen molar-refractivity contribution in [2.24, 2.45) is 0 Å². The number of nitrogens with one attached hydrogen (secondary N) is 1. The Morgan fingerprint density at radius 1 is 1.26 bits per heavy atom. The van der Waals surface area contributed by atoms with Crippen molar-refractivity contribution in [1.82, 2.24) is 4.72 Å². The van der Waals surface area contributed by atoms with Gasteiger partial charge in [0.15, 0.2) is 0 Å². The Morgan fingerprint density at radius 2 is 1.84 bits per heavy atom. The molecule has 0 saturated heterocycles. The van der Waals surface area contributed by atoms with Gasteiger partial charge in [-0.1, -0.05) is 36.8 Å². The van der Waals surface area contributed by atoms with Crippen molar-refractivity contribution in [3.05, 3.63) is 35.4 Å². The zero-order valence-corrected chi connectivity index (χ0v) is 12.8. The van der Waals surface area contributed by atoms with E-state index in [1.54, 1.807) is 6.92 Å². The Bertz CT molecular complexity index is 482. The highest BCUT2D eigenvalue weighted by atomic mass is 32.2. The number of ether oxygens (including phenoxy) is 1. The summed E-state index contributed by atoms with van der Waals surface area (Å²) in [6.45, 7) is 5.72. The first-order valence-corrected chi connectivity index (χ1v) is 8.12. The van der Waals surface area contributed by atoms with E-state index in [-0.39, 0.29) is 17.9 Å². The van der Waals surface area contributed by atoms with Crippen molar-refractivity contribution in [2.75, 3.05) is 12.9 Å². The SMILES string of the molecule is CC[C@H](NS(=O)(=O)C[C@H](C)OC)c1ccc(C)cc1. The lowest BCUT2D eigenvalue weighted by Gasteiger charge is -2.19. The maximum Gasteiger partial charge on any atom is 0.214 e. The highest BCUT2D eigenvalue weighted by Crippen LogP contribution is 2.18. The van der Waals surface area contributed by atoms with Crippen LogP contribution >= 0.6 is 0 Å². The molecule has 2 atom stereocenters. The Kier molecular flexibility index (Phi) is 5.97. The number of benzene rings is 1. The second-order valence-corrected chi connectivity index (χ2v) is 6.62. The summed E-state index contributed by atoms with van der Waals surface area (Å²) in [6, 6.07) is 7.72. The summed E-state index contributed by atoms with van der Waals surface area (Å²) in [5.74, 6) is -0.0220. The molecule has 1 aromatic rings. The van der Waals surface area contributed by atoms with Gasteiger partial charge in [-0.25, -0.2) is 13.1 Å². The van der Waals surface area contributed by atoms with Crippen molar-refractivity contribution in [3.8, 4) is 0 Å². The van der Waals surface area contributed by atoms with Crippen LogP contribution in [0.2, 0.25) is 0 Å². The topological polar surface area (TPSA) is 55.4 Å². The van der Waals surface area contributed by atoms with E-state index in [4.69, 9.17) is 4.74 Å². The number of aryl methyl sites for hydroxylation is 1. The molecule has 1 aromatic carbocycles. The van der Waals surface area contributed by atoms with Crippen molar-refractivity contribution in [1.29, 1.82) is 0 Å². The third-order valence-electron chi connectivity index (χ3n) is 3.07. The molecule has 0 saturated carbocycles. The maximum absolute atomic E-state index is 12.0. The zero-order valence-electron chi connectivity index (χ0n) is 12.0. The van der Waals surface area contributed by atoms with Crippen LogP contribution in [0.3, 0.4) is 0 Å². The summed E-state index contributed by atoms with van der Waals surface area (Å²) in [5, 5.41) is 0. The fraction of sp³-hybridized carbons (Fsp3) is 0.571. The van der Waals surface area contributed by atoms with Crippen molar-refractivity contribution >= 4 is 10.0 Å². The molecular weight excluding hydrogens is 262 g/mol. The van der Waals surface area contributed by atoms with Crippen molar-refractivity contribution < 1.29 is 13.2 Å². The van der Waals surface area contributed by atoms with E-state index in [2.05, 4.69) is 4.72 Å². The van der Waals surface area contributed by atoms with Crippen LogP contribution in [0, 0.1) is 6.92 Å². The van der Waals surface area contributed by atoms with E-state index in [1.807, 2.05) is 38.1 Å². The van der Waals surface area contributed by atoms with E-state index >= 15 is 0 Å². The normalized spacial score (nSPS) is 15.2. The molecule has 0 fully saturated rings. The van der Waals surface area contributed by atoms with Gasteiger partial charge in [-0.05, 0) is 25.8 Å². The molecule has 19 heavy (non-hydrogen) atoms. The van der Waals surface area contributed by atoms with Gasteiger partial charge in [0.1, 0.15) is 0 Å². The van der Waals surface area contributed by atoms with E-state index in [1.165, 1.54) is 7.11 Å². The molecule has 0 heterocycles. The number of rotatable bonds is 7. The minimum atomic E-state index is -3.34. The largest absolute Gasteiger partial charge is 0.381 e. The van der Waals surface area contributed by atoms with Gasteiger partial charge < -0.3 is 4.74 Å². The van der Waals surface area contributed by atoms with Gasteiger partial charge >= 0.3 is 0 Å². The highest BCUT2D eigenvalue weighted by molar-refractivity contribution is 7.89. The quantitative estimate of drug-likeness (QED) is 0.837. The molecule has 108 valence electrons. The first-order valence-electron chi connectivity index (χ1n) is 6.47. The van der Waals surface area contributed by atoms with Gasteiger partial charge in [-0.3, -0.25) is 0 Å². The minimum Gasteiger partial charge on any atom is -0.381 e. The second kappa shape index (κ2) is 7.03. The fourth-order valence-corrected chi connectivity index (χ4v) is 3.41. The Hall–Kier alpha value is -0.910. The Labute approximate surface area is 116 Å². The lowest BCUT2D eigenvalue weighted by molar-refractivity contribution is 0.136. The van der Waals surface area contributed by atoms with Crippen LogP contribution in [0.5, 0.6) is 0 Å². The molecule has 0 aliphatic carbocycles. The van der Waals surface area contributed by atoms with E-state index in [9.17, 15) is 8.42 Å². The number of methoxy groups -OCH3 is 1. The summed E-state index contributed by atoms with van der Waals surface area (Å²) in [7, 11) is -1.83. The molecule has 0 amide bonds. The highest BCUT2D eigenvalue weighted by Gasteiger charge is 2.20. The van der Waals surface area contributed by atoms with Gasteiger partial charge in [0, 0.05) is 13.2 Å². The Balaban J connectivity index is 2.79. The smallest absolute Gasteiger partial charge is 0.214 e. The number of sulfonamides is 1. The van der Waals surface area contributed by atoms with Crippen LogP contribution in [0.4, 0.5) is 0 Å². The van der Waals surface area contributed by atoms with Crippen LogP contribution in [0.15, 0.2) is 24.3 Å². The third kappa shape index (κ3) is 5.30. The molecule has 4 nitrogen and oxygen atoms in total. The number of hydrogen-bond donors (Lipinski definition) is 1. The van der Waals surface area contributed by atoms with Crippen LogP contribution in [-0.2, 0) is 14.8 Å². The molecule has 1 rings (SSSR count). The van der Waals surface area contributed by atoms with E-state index in [0.29, 0.717) is 6.42 Å². The molecule has 1 N–H and O–H groups in total. The van der Waals surface area contributed by atoms with Crippen LogP contribution in [0.25, 0.3) is 0 Å². The first-order chi connectivity index (χ1) is 8.88. The van der Waals surface area contributed by atoms with E-state index in [0.717, 1.165) is 11.1 Å². The van der Waals surface area contributed by atoms with Crippen molar-refractivity contribution in [2.45, 2.75) is 39.3 Å². The molecule has 5 heteroatoms. The first kappa shape index (κ1) is 16.1. The standard InChI is InChI=1S/C14H23NO3S/c1-5-14(13-8-6-11(2)7-9-13)15-19(16,17)10-12(3)18-4/h6-9,12,14-15H,5,10H2,1-4H3/t12-,14-/m0/s1. The zero-order chi connectivity index (χ0) is 14.5. The predicted molar refractivity (Wildman–Crippen MR) is 77.6 cm³/mol. The summed E-state index contributed by atoms with van der Waals surface area (Å²) < 4.78 is 31.8. The summed E-state index contributed by atoms with van der Waals surface area (Å²) >= 11 is 0. The second-order valence-electron chi connectivity index (χ2n) is 4.82. The predicted octanol–water partition coefficient (Wildman–Crippen LogP) is 2.40. The average molecular weight is 285 g/mol. The van der Waals surface area contributed by atoms with Gasteiger partial charge in [-0.15, -0.1) is 0 Å². The van der Waals surface area contributed by atoms with E-state index < -0.39 is 10.0 Å². The molecule has 0 spiro atoms. The number of hydrogen-bond acceptors (Lipinski definition) is 3. The van der Waals surface area contributed by atoms with Crippen molar-refractivity contribution in [3.63, 3.8) is 0 Å². The molecule has 0 radical (unpaired) electrons. The lowest BCUT2D eigenvalue weighted by Crippen LogP contribution is -2.34. The van der Waals surface area contributed by atoms with Gasteiger partial charge in [-0.2, -0.15) is 0 Å². The van der Waals surface area contributed by atoms with Gasteiger partial charge in [0.2, 0.25) is 10.0 Å². The summed E-state index contributed by atoms with van der Waals surface area (Å²) in [4.78, 5) is 0. The fourth-order valence-electron chi connectivity index (χ4n) is 1.83. The van der Waals surface area contributed by atoms with Crippen LogP contribution in [0.1, 0.15) is 37.4 Å². The van der Waals surface area contributed by atoms with Crippen LogP contribution < -0.4 is 4.72 Å². The maximum atomic E-state index is 12.0. The monoisotopic (exact) mass is 285 g/mol. The molecule has 0 aromatic heterocycles. The molecule has 0 aliphatic rings. The molecule has 0 unspecified atom stereocenters. The third-order valence-corrected chi connectivity index (χ3v) is 4.62. The Morgan fingerprint density at radius 3 is 2.32 bits per heavy atom. The average Bonchev–Trinajstić information content (AvgIpc) is 2.36. The molecule has 0 aliphatic heterocycles. The van der Waals surface area contributed by atoms with Gasteiger partial charge in [0.25, 0.3) is 0 Å². The lowest BCUT2D eigenvalue weighted by atomic mass is 10.0. The summed E-state index contributed by atoms with van der Waals surface area (Å²) in [6.07, 6.45) is 0.400. The minimum absolute atomic E-state index is 0.0220. The molecular formula is C14H23NO3S. The molecule has 0 bridgehead atoms. The van der Waals surface area contributed by atoms with Gasteiger partial charge in [0.05, 0.1) is 11.9 Å². The summed E-state index contributed by atoms with van der Waals surface area (Å²) in [5.41, 5.74) is 2.15.